The molecule has 2 aromatic carbocycles. The number of carbonyl (C=O) groups excluding carboxylic acids is 1. The van der Waals surface area contributed by atoms with Crippen LogP contribution in [0.1, 0.15) is 41.6 Å². The zero-order valence-corrected chi connectivity index (χ0v) is 19.3. The highest BCUT2D eigenvalue weighted by Crippen LogP contribution is 2.36. The second-order valence-electron chi connectivity index (χ2n) is 8.12. The first-order valence-corrected chi connectivity index (χ1v) is 11.5. The third-order valence-electron chi connectivity index (χ3n) is 5.62. The minimum absolute atomic E-state index is 0.174. The van der Waals surface area contributed by atoms with Crippen molar-refractivity contribution < 1.29 is 9.53 Å². The summed E-state index contributed by atoms with van der Waals surface area (Å²) in [6.45, 7) is 7.77. The van der Waals surface area contributed by atoms with Gasteiger partial charge >= 0.3 is 5.97 Å². The van der Waals surface area contributed by atoms with Gasteiger partial charge in [-0.15, -0.1) is 11.3 Å². The maximum Gasteiger partial charge on any atom is 0.348 e. The van der Waals surface area contributed by atoms with Crippen LogP contribution in [0.2, 0.25) is 0 Å². The van der Waals surface area contributed by atoms with E-state index >= 15 is 0 Å². The SMILES string of the molecule is CCc1cccc2c1[nH]c1cc(Nc3ncnc4sc(C(=O)OC(C)C)c(C)c34)ccc12. The maximum atomic E-state index is 12.5. The van der Waals surface area contributed by atoms with Gasteiger partial charge in [0.1, 0.15) is 21.9 Å². The molecule has 0 saturated carbocycles. The third-order valence-corrected chi connectivity index (χ3v) is 6.80. The summed E-state index contributed by atoms with van der Waals surface area (Å²) in [4.78, 5) is 26.3. The number of rotatable bonds is 5. The van der Waals surface area contributed by atoms with Crippen molar-refractivity contribution >= 4 is 60.8 Å². The van der Waals surface area contributed by atoms with Crippen LogP contribution in [-0.4, -0.2) is 27.0 Å². The average Bonchev–Trinajstić information content (AvgIpc) is 3.31. The molecule has 0 spiro atoms. The molecule has 5 aromatic rings. The van der Waals surface area contributed by atoms with Crippen molar-refractivity contribution in [3.05, 3.63) is 58.7 Å². The highest BCUT2D eigenvalue weighted by Gasteiger charge is 2.21. The molecule has 0 radical (unpaired) electrons. The van der Waals surface area contributed by atoms with Gasteiger partial charge in [0.15, 0.2) is 0 Å². The number of aromatic nitrogens is 3. The van der Waals surface area contributed by atoms with Gasteiger partial charge in [0.2, 0.25) is 0 Å². The molecule has 3 heterocycles. The fourth-order valence-electron chi connectivity index (χ4n) is 4.13. The Hall–Kier alpha value is -3.45. The minimum atomic E-state index is -0.322. The summed E-state index contributed by atoms with van der Waals surface area (Å²) in [7, 11) is 0. The van der Waals surface area contributed by atoms with Crippen LogP contribution in [0.4, 0.5) is 11.5 Å². The molecule has 2 N–H and O–H groups in total. The number of carbonyl (C=O) groups is 1. The summed E-state index contributed by atoms with van der Waals surface area (Å²) in [6, 6.07) is 12.7. The number of nitrogens with one attached hydrogen (secondary N) is 2. The Kier molecular flexibility index (Phi) is 5.06. The highest BCUT2D eigenvalue weighted by molar-refractivity contribution is 7.20. The first kappa shape index (κ1) is 20.5. The van der Waals surface area contributed by atoms with Crippen LogP contribution in [0.3, 0.4) is 0 Å². The van der Waals surface area contributed by atoms with Gasteiger partial charge in [-0.3, -0.25) is 0 Å². The second kappa shape index (κ2) is 7.91. The van der Waals surface area contributed by atoms with Crippen molar-refractivity contribution in [3.63, 3.8) is 0 Å². The van der Waals surface area contributed by atoms with E-state index in [4.69, 9.17) is 4.74 Å². The molecule has 0 aliphatic carbocycles. The number of hydrogen-bond acceptors (Lipinski definition) is 6. The number of aryl methyl sites for hydroxylation is 2. The molecular weight excluding hydrogens is 420 g/mol. The molecule has 3 aromatic heterocycles. The zero-order valence-electron chi connectivity index (χ0n) is 18.4. The molecule has 0 amide bonds. The second-order valence-corrected chi connectivity index (χ2v) is 9.12. The third kappa shape index (κ3) is 3.39. The monoisotopic (exact) mass is 444 g/mol. The molecule has 162 valence electrons. The molecule has 0 saturated heterocycles. The number of anilines is 2. The molecule has 6 nitrogen and oxygen atoms in total. The number of hydrogen-bond donors (Lipinski definition) is 2. The lowest BCUT2D eigenvalue weighted by Crippen LogP contribution is -2.11. The standard InChI is InChI=1S/C25H24N4O2S/c1-5-15-7-6-8-18-17-10-9-16(11-19(17)29-21(15)18)28-23-20-14(4)22(25(30)31-13(2)3)32-24(20)27-12-26-23/h6-13,29H,5H2,1-4H3,(H,26,27,28). The fourth-order valence-corrected chi connectivity index (χ4v) is 5.16. The van der Waals surface area contributed by atoms with Crippen molar-refractivity contribution in [1.82, 2.24) is 15.0 Å². The summed E-state index contributed by atoms with van der Waals surface area (Å²) >= 11 is 1.34. The number of fused-ring (bicyclic) bond motifs is 4. The quantitative estimate of drug-likeness (QED) is 0.302. The Morgan fingerprint density at radius 3 is 2.81 bits per heavy atom. The molecule has 0 aliphatic heterocycles. The van der Waals surface area contributed by atoms with Crippen LogP contribution in [0.25, 0.3) is 32.0 Å². The Bertz CT molecular complexity index is 1480. The van der Waals surface area contributed by atoms with Gasteiger partial charge in [-0.25, -0.2) is 14.8 Å². The number of esters is 1. The number of ether oxygens (including phenoxy) is 1. The Labute approximate surface area is 189 Å². The van der Waals surface area contributed by atoms with Gasteiger partial charge in [0, 0.05) is 27.5 Å². The van der Waals surface area contributed by atoms with E-state index in [0.717, 1.165) is 33.4 Å². The fraction of sp³-hybridized carbons (Fsp3) is 0.240. The van der Waals surface area contributed by atoms with E-state index in [1.165, 1.54) is 39.5 Å². The summed E-state index contributed by atoms with van der Waals surface area (Å²) < 4.78 is 5.40. The summed E-state index contributed by atoms with van der Waals surface area (Å²) in [5.41, 5.74) is 5.31. The minimum Gasteiger partial charge on any atom is -0.459 e. The van der Waals surface area contributed by atoms with Gasteiger partial charge in [-0.2, -0.15) is 0 Å². The number of nitrogens with zero attached hydrogens (tertiary/aromatic N) is 2. The molecular formula is C25H24N4O2S. The van der Waals surface area contributed by atoms with Gasteiger partial charge < -0.3 is 15.0 Å². The largest absolute Gasteiger partial charge is 0.459 e. The van der Waals surface area contributed by atoms with E-state index in [2.05, 4.69) is 63.6 Å². The lowest BCUT2D eigenvalue weighted by atomic mass is 10.1. The van der Waals surface area contributed by atoms with Gasteiger partial charge in [-0.05, 0) is 50.5 Å². The van der Waals surface area contributed by atoms with Crippen molar-refractivity contribution in [2.45, 2.75) is 40.2 Å². The zero-order chi connectivity index (χ0) is 22.4. The Balaban J connectivity index is 1.56. The molecule has 0 fully saturated rings. The van der Waals surface area contributed by atoms with E-state index in [-0.39, 0.29) is 12.1 Å². The average molecular weight is 445 g/mol. The predicted molar refractivity (Wildman–Crippen MR) is 131 cm³/mol. The smallest absolute Gasteiger partial charge is 0.348 e. The van der Waals surface area contributed by atoms with Crippen LogP contribution < -0.4 is 5.32 Å². The van der Waals surface area contributed by atoms with Crippen LogP contribution in [-0.2, 0) is 11.2 Å². The molecule has 0 atom stereocenters. The topological polar surface area (TPSA) is 79.9 Å². The normalized spacial score (nSPS) is 11.7. The van der Waals surface area contributed by atoms with Crippen molar-refractivity contribution in [2.75, 3.05) is 5.32 Å². The lowest BCUT2D eigenvalue weighted by molar-refractivity contribution is 0.0383. The van der Waals surface area contributed by atoms with Crippen molar-refractivity contribution in [1.29, 1.82) is 0 Å². The number of thiophene rings is 1. The van der Waals surface area contributed by atoms with E-state index < -0.39 is 0 Å². The van der Waals surface area contributed by atoms with Crippen LogP contribution in [0.15, 0.2) is 42.7 Å². The van der Waals surface area contributed by atoms with E-state index in [1.54, 1.807) is 0 Å². The number of benzene rings is 2. The lowest BCUT2D eigenvalue weighted by Gasteiger charge is -2.08. The molecule has 5 rings (SSSR count). The van der Waals surface area contributed by atoms with Crippen LogP contribution in [0, 0.1) is 6.92 Å². The van der Waals surface area contributed by atoms with Crippen molar-refractivity contribution in [2.24, 2.45) is 0 Å². The summed E-state index contributed by atoms with van der Waals surface area (Å²) in [6.07, 6.45) is 2.33. The predicted octanol–water partition coefficient (Wildman–Crippen LogP) is 6.51. The molecule has 7 heteroatoms. The first-order chi connectivity index (χ1) is 15.5. The summed E-state index contributed by atoms with van der Waals surface area (Å²) in [5, 5.41) is 6.70. The number of para-hydroxylation sites is 1. The van der Waals surface area contributed by atoms with Gasteiger partial charge in [0.05, 0.1) is 11.5 Å². The van der Waals surface area contributed by atoms with Crippen LogP contribution in [0.5, 0.6) is 0 Å². The Morgan fingerprint density at radius 2 is 2.03 bits per heavy atom. The highest BCUT2D eigenvalue weighted by atomic mass is 32.1. The van der Waals surface area contributed by atoms with Gasteiger partial charge in [-0.1, -0.05) is 31.2 Å². The molecule has 0 aliphatic rings. The summed E-state index contributed by atoms with van der Waals surface area (Å²) in [5.74, 6) is 0.356. The maximum absolute atomic E-state index is 12.5. The molecule has 0 unspecified atom stereocenters. The van der Waals surface area contributed by atoms with Crippen molar-refractivity contribution in [3.8, 4) is 0 Å². The first-order valence-electron chi connectivity index (χ1n) is 10.7. The van der Waals surface area contributed by atoms with Gasteiger partial charge in [0.25, 0.3) is 0 Å². The number of aromatic amines is 1. The van der Waals surface area contributed by atoms with E-state index in [1.807, 2.05) is 20.8 Å². The van der Waals surface area contributed by atoms with Crippen LogP contribution >= 0.6 is 11.3 Å². The van der Waals surface area contributed by atoms with E-state index in [9.17, 15) is 4.79 Å². The Morgan fingerprint density at radius 1 is 1.19 bits per heavy atom. The molecule has 32 heavy (non-hydrogen) atoms. The van der Waals surface area contributed by atoms with E-state index in [0.29, 0.717) is 10.7 Å². The molecule has 0 bridgehead atoms. The number of H-pyrrole nitrogens is 1.